The van der Waals surface area contributed by atoms with E-state index >= 15 is 0 Å². The third kappa shape index (κ3) is 4.49. The summed E-state index contributed by atoms with van der Waals surface area (Å²) in [6, 6.07) is 8.19. The highest BCUT2D eigenvalue weighted by Crippen LogP contribution is 2.28. The molecule has 1 aromatic carbocycles. The van der Waals surface area contributed by atoms with E-state index in [2.05, 4.69) is 16.9 Å². The summed E-state index contributed by atoms with van der Waals surface area (Å²) < 4.78 is 37.7. The minimum absolute atomic E-state index is 0.00454. The van der Waals surface area contributed by atoms with Crippen molar-refractivity contribution in [1.82, 2.24) is 4.72 Å². The molecule has 1 aliphatic carbocycles. The standard InChI is InChI=1S/C18H27NO4S/c1-2-24(20,21)19-18-6-4-3-5-15(18)13-23-17-9-7-14(8-10-17)16-11-22-12-16/h7-10,15-16,18-19H,2-6,11-13H2,1H3. The van der Waals surface area contributed by atoms with Gasteiger partial charge in [-0.1, -0.05) is 25.0 Å². The van der Waals surface area contributed by atoms with Gasteiger partial charge in [0.15, 0.2) is 0 Å². The zero-order valence-electron chi connectivity index (χ0n) is 14.2. The summed E-state index contributed by atoms with van der Waals surface area (Å²) >= 11 is 0. The molecule has 0 amide bonds. The summed E-state index contributed by atoms with van der Waals surface area (Å²) in [4.78, 5) is 0. The van der Waals surface area contributed by atoms with Crippen molar-refractivity contribution in [2.75, 3.05) is 25.6 Å². The molecule has 6 heteroatoms. The van der Waals surface area contributed by atoms with Gasteiger partial charge in [0.2, 0.25) is 10.0 Å². The van der Waals surface area contributed by atoms with Gasteiger partial charge in [-0.05, 0) is 37.5 Å². The molecule has 134 valence electrons. The third-order valence-electron chi connectivity index (χ3n) is 5.07. The van der Waals surface area contributed by atoms with Gasteiger partial charge in [0.25, 0.3) is 0 Å². The minimum atomic E-state index is -3.16. The van der Waals surface area contributed by atoms with Crippen molar-refractivity contribution in [2.45, 2.75) is 44.6 Å². The van der Waals surface area contributed by atoms with E-state index in [1.165, 1.54) is 5.56 Å². The van der Waals surface area contributed by atoms with Crippen LogP contribution in [0.3, 0.4) is 0 Å². The quantitative estimate of drug-likeness (QED) is 0.818. The highest BCUT2D eigenvalue weighted by atomic mass is 32.2. The molecule has 2 atom stereocenters. The molecule has 1 saturated carbocycles. The van der Waals surface area contributed by atoms with Gasteiger partial charge in [-0.2, -0.15) is 0 Å². The van der Waals surface area contributed by atoms with Crippen LogP contribution in [0.2, 0.25) is 0 Å². The Kier molecular flexibility index (Phi) is 5.79. The first-order valence-electron chi connectivity index (χ1n) is 8.88. The van der Waals surface area contributed by atoms with Gasteiger partial charge in [0, 0.05) is 17.9 Å². The number of nitrogens with one attached hydrogen (secondary N) is 1. The maximum atomic E-state index is 11.9. The minimum Gasteiger partial charge on any atom is -0.493 e. The molecular formula is C18H27NO4S. The molecule has 0 radical (unpaired) electrons. The highest BCUT2D eigenvalue weighted by Gasteiger charge is 2.28. The average molecular weight is 353 g/mol. The smallest absolute Gasteiger partial charge is 0.211 e. The Balaban J connectivity index is 1.55. The van der Waals surface area contributed by atoms with Crippen molar-refractivity contribution in [1.29, 1.82) is 0 Å². The van der Waals surface area contributed by atoms with E-state index in [4.69, 9.17) is 9.47 Å². The Morgan fingerprint density at radius 2 is 1.88 bits per heavy atom. The van der Waals surface area contributed by atoms with Crippen molar-refractivity contribution in [3.63, 3.8) is 0 Å². The Morgan fingerprint density at radius 1 is 1.17 bits per heavy atom. The largest absolute Gasteiger partial charge is 0.493 e. The summed E-state index contributed by atoms with van der Waals surface area (Å²) in [6.07, 6.45) is 4.12. The lowest BCUT2D eigenvalue weighted by Crippen LogP contribution is -2.44. The zero-order chi connectivity index (χ0) is 17.0. The van der Waals surface area contributed by atoms with Crippen LogP contribution in [0.15, 0.2) is 24.3 Å². The van der Waals surface area contributed by atoms with Crippen LogP contribution in [0, 0.1) is 5.92 Å². The number of benzene rings is 1. The third-order valence-corrected chi connectivity index (χ3v) is 6.50. The second kappa shape index (κ2) is 7.85. The molecule has 0 bridgehead atoms. The molecule has 1 aromatic rings. The fourth-order valence-corrected chi connectivity index (χ4v) is 4.28. The van der Waals surface area contributed by atoms with Crippen LogP contribution >= 0.6 is 0 Å². The molecule has 2 fully saturated rings. The number of rotatable bonds is 7. The highest BCUT2D eigenvalue weighted by molar-refractivity contribution is 7.89. The number of hydrogen-bond donors (Lipinski definition) is 1. The van der Waals surface area contributed by atoms with Crippen LogP contribution < -0.4 is 9.46 Å². The normalized spacial score (nSPS) is 25.2. The molecule has 2 aliphatic rings. The van der Waals surface area contributed by atoms with Crippen LogP contribution in [0.5, 0.6) is 5.75 Å². The van der Waals surface area contributed by atoms with E-state index in [-0.39, 0.29) is 17.7 Å². The van der Waals surface area contributed by atoms with Crippen LogP contribution in [0.25, 0.3) is 0 Å². The molecule has 1 saturated heterocycles. The molecule has 1 heterocycles. The Bertz CT molecular complexity index is 625. The monoisotopic (exact) mass is 353 g/mol. The van der Waals surface area contributed by atoms with Crippen molar-refractivity contribution in [3.8, 4) is 5.75 Å². The van der Waals surface area contributed by atoms with Gasteiger partial charge in [0.05, 0.1) is 25.6 Å². The molecule has 2 unspecified atom stereocenters. The summed E-state index contributed by atoms with van der Waals surface area (Å²) in [7, 11) is -3.16. The van der Waals surface area contributed by atoms with Crippen molar-refractivity contribution in [2.24, 2.45) is 5.92 Å². The van der Waals surface area contributed by atoms with Crippen LogP contribution in [0.1, 0.15) is 44.1 Å². The molecular weight excluding hydrogens is 326 g/mol. The predicted molar refractivity (Wildman–Crippen MR) is 93.8 cm³/mol. The van der Waals surface area contributed by atoms with Gasteiger partial charge >= 0.3 is 0 Å². The summed E-state index contributed by atoms with van der Waals surface area (Å²) in [5.41, 5.74) is 1.29. The number of ether oxygens (including phenoxy) is 2. The van der Waals surface area contributed by atoms with Crippen LogP contribution in [-0.4, -0.2) is 40.0 Å². The van der Waals surface area contributed by atoms with Gasteiger partial charge in [-0.3, -0.25) is 0 Å². The molecule has 0 aromatic heterocycles. The van der Waals surface area contributed by atoms with Gasteiger partial charge in [-0.25, -0.2) is 13.1 Å². The molecule has 5 nitrogen and oxygen atoms in total. The first kappa shape index (κ1) is 17.7. The van der Waals surface area contributed by atoms with E-state index < -0.39 is 10.0 Å². The first-order chi connectivity index (χ1) is 11.6. The lowest BCUT2D eigenvalue weighted by molar-refractivity contribution is 0.00839. The summed E-state index contributed by atoms with van der Waals surface area (Å²) in [5, 5.41) is 0. The number of hydrogen-bond acceptors (Lipinski definition) is 4. The van der Waals surface area contributed by atoms with Gasteiger partial charge < -0.3 is 9.47 Å². The second-order valence-corrected chi connectivity index (χ2v) is 8.83. The van der Waals surface area contributed by atoms with Crippen LogP contribution in [-0.2, 0) is 14.8 Å². The van der Waals surface area contributed by atoms with E-state index in [0.717, 1.165) is 44.6 Å². The Hall–Kier alpha value is -1.11. The Labute approximate surface area is 144 Å². The second-order valence-electron chi connectivity index (χ2n) is 6.79. The van der Waals surface area contributed by atoms with Crippen LogP contribution in [0.4, 0.5) is 0 Å². The topological polar surface area (TPSA) is 64.6 Å². The zero-order valence-corrected chi connectivity index (χ0v) is 15.1. The van der Waals surface area contributed by atoms with Gasteiger partial charge in [-0.15, -0.1) is 0 Å². The average Bonchev–Trinajstić information content (AvgIpc) is 2.53. The lowest BCUT2D eigenvalue weighted by Gasteiger charge is -2.31. The Morgan fingerprint density at radius 3 is 2.50 bits per heavy atom. The van der Waals surface area contributed by atoms with E-state index in [9.17, 15) is 8.42 Å². The fourth-order valence-electron chi connectivity index (χ4n) is 3.34. The van der Waals surface area contributed by atoms with Crippen molar-refractivity contribution >= 4 is 10.0 Å². The summed E-state index contributed by atoms with van der Waals surface area (Å²) in [5.74, 6) is 1.73. The first-order valence-corrected chi connectivity index (χ1v) is 10.5. The lowest BCUT2D eigenvalue weighted by atomic mass is 9.86. The molecule has 1 aliphatic heterocycles. The molecule has 3 rings (SSSR count). The van der Waals surface area contributed by atoms with E-state index in [1.54, 1.807) is 6.92 Å². The molecule has 1 N–H and O–H groups in total. The van der Waals surface area contributed by atoms with Crippen molar-refractivity contribution in [3.05, 3.63) is 29.8 Å². The molecule has 0 spiro atoms. The SMILES string of the molecule is CCS(=O)(=O)NC1CCCCC1COc1ccc(C2COC2)cc1. The maximum Gasteiger partial charge on any atom is 0.211 e. The maximum absolute atomic E-state index is 11.9. The van der Waals surface area contributed by atoms with E-state index in [0.29, 0.717) is 12.5 Å². The summed E-state index contributed by atoms with van der Waals surface area (Å²) in [6.45, 7) is 3.84. The van der Waals surface area contributed by atoms with Gasteiger partial charge in [0.1, 0.15) is 5.75 Å². The predicted octanol–water partition coefficient (Wildman–Crippen LogP) is 2.68. The number of sulfonamides is 1. The molecule has 24 heavy (non-hydrogen) atoms. The van der Waals surface area contributed by atoms with Crippen molar-refractivity contribution < 1.29 is 17.9 Å². The fraction of sp³-hybridized carbons (Fsp3) is 0.667. The van der Waals surface area contributed by atoms with E-state index in [1.807, 2.05) is 12.1 Å².